The van der Waals surface area contributed by atoms with Gasteiger partial charge in [-0.2, -0.15) is 9.61 Å². The maximum atomic E-state index is 12.9. The van der Waals surface area contributed by atoms with Crippen LogP contribution in [0.2, 0.25) is 0 Å². The van der Waals surface area contributed by atoms with Crippen LogP contribution >= 0.6 is 0 Å². The minimum absolute atomic E-state index is 0.0222. The molecule has 0 saturated carbocycles. The van der Waals surface area contributed by atoms with Crippen molar-refractivity contribution in [1.29, 1.82) is 0 Å². The number of aromatic nitrogens is 5. The molecule has 42 heavy (non-hydrogen) atoms. The second kappa shape index (κ2) is 11.9. The maximum absolute atomic E-state index is 12.9. The van der Waals surface area contributed by atoms with E-state index in [1.54, 1.807) is 28.9 Å². The maximum Gasteiger partial charge on any atom is 0.184 e. The lowest BCUT2D eigenvalue weighted by Crippen LogP contribution is -2.11. The molecule has 0 fully saturated rings. The van der Waals surface area contributed by atoms with Crippen molar-refractivity contribution in [2.45, 2.75) is 37.8 Å². The van der Waals surface area contributed by atoms with Crippen LogP contribution in [-0.4, -0.2) is 62.2 Å². The number of methoxy groups -OCH3 is 1. The van der Waals surface area contributed by atoms with Crippen LogP contribution < -0.4 is 10.1 Å². The van der Waals surface area contributed by atoms with Crippen molar-refractivity contribution in [2.75, 3.05) is 24.8 Å². The summed E-state index contributed by atoms with van der Waals surface area (Å²) in [6.07, 6.45) is 3.32. The third-order valence-corrected chi connectivity index (χ3v) is 8.85. The number of anilines is 1. The number of nitrogens with zero attached hydrogens (tertiary/aromatic N) is 5. The Balaban J connectivity index is 1.59. The van der Waals surface area contributed by atoms with Crippen LogP contribution in [0.4, 0.5) is 5.82 Å². The van der Waals surface area contributed by atoms with Gasteiger partial charge >= 0.3 is 0 Å². The minimum Gasteiger partial charge on any atom is -0.495 e. The fourth-order valence-corrected chi connectivity index (χ4v) is 6.17. The highest BCUT2D eigenvalue weighted by atomic mass is 32.2. The van der Waals surface area contributed by atoms with Crippen LogP contribution in [0.25, 0.3) is 28.2 Å². The summed E-state index contributed by atoms with van der Waals surface area (Å²) in [5, 5.41) is 28.3. The Hall–Kier alpha value is -4.26. The smallest absolute Gasteiger partial charge is 0.184 e. The zero-order chi connectivity index (χ0) is 30.0. The van der Waals surface area contributed by atoms with E-state index in [0.29, 0.717) is 46.9 Å². The molecule has 1 atom stereocenters. The lowest BCUT2D eigenvalue weighted by Gasteiger charge is -2.14. The average molecular weight is 591 g/mol. The number of aryl methyl sites for hydroxylation is 2. The molecule has 12 heteroatoms. The first-order valence-electron chi connectivity index (χ1n) is 13.6. The number of imidazole rings is 1. The van der Waals surface area contributed by atoms with E-state index >= 15 is 0 Å². The lowest BCUT2D eigenvalue weighted by atomic mass is 10.1. The molecule has 1 unspecified atom stereocenters. The zero-order valence-corrected chi connectivity index (χ0v) is 24.8. The van der Waals surface area contributed by atoms with Crippen molar-refractivity contribution in [1.82, 2.24) is 24.1 Å². The Kier molecular flexibility index (Phi) is 8.30. The SMILES string of the molecule is CCC(O)c1cc(NCc2cccc(-c3nccn3C)c2)n2nc(C)c(-c3ccc(OC)c(S(=O)(=O)CCO)c3)c2n1. The Morgan fingerprint density at radius 3 is 2.62 bits per heavy atom. The molecular formula is C30H34N6O5S. The summed E-state index contributed by atoms with van der Waals surface area (Å²) < 4.78 is 34.8. The number of aliphatic hydroxyl groups excluding tert-OH is 2. The molecule has 11 nitrogen and oxygen atoms in total. The second-order valence-electron chi connectivity index (χ2n) is 10.0. The number of nitrogens with one attached hydrogen (secondary N) is 1. The number of benzene rings is 2. The molecular weight excluding hydrogens is 556 g/mol. The van der Waals surface area contributed by atoms with E-state index in [2.05, 4.69) is 16.4 Å². The van der Waals surface area contributed by atoms with E-state index in [4.69, 9.17) is 14.8 Å². The summed E-state index contributed by atoms with van der Waals surface area (Å²) >= 11 is 0. The van der Waals surface area contributed by atoms with Gasteiger partial charge in [0.15, 0.2) is 15.5 Å². The quantitative estimate of drug-likeness (QED) is 0.208. The summed E-state index contributed by atoms with van der Waals surface area (Å²) in [4.78, 5) is 9.19. The van der Waals surface area contributed by atoms with Crippen LogP contribution in [0.15, 0.2) is 65.8 Å². The standard InChI is InChI=1S/C30H34N6O5S/c1-5-24(38)23-17-27(32-18-20-7-6-8-22(15-20)29-31-11-12-35(29)3)36-30(33-23)28(19(2)34-36)21-9-10-25(41-4)26(16-21)42(39,40)14-13-37/h6-12,15-17,24,32,37-38H,5,13-14,18H2,1-4H3. The van der Waals surface area contributed by atoms with Crippen LogP contribution in [0.1, 0.15) is 36.4 Å². The van der Waals surface area contributed by atoms with Gasteiger partial charge in [-0.1, -0.05) is 31.2 Å². The van der Waals surface area contributed by atoms with Crippen LogP contribution in [-0.2, 0) is 23.4 Å². The molecule has 0 amide bonds. The zero-order valence-electron chi connectivity index (χ0n) is 23.9. The number of ether oxygens (including phenoxy) is 1. The highest BCUT2D eigenvalue weighted by molar-refractivity contribution is 7.91. The van der Waals surface area contributed by atoms with Gasteiger partial charge < -0.3 is 24.8 Å². The van der Waals surface area contributed by atoms with Gasteiger partial charge in [0.1, 0.15) is 22.3 Å². The topological polar surface area (TPSA) is 144 Å². The third kappa shape index (κ3) is 5.60. The Morgan fingerprint density at radius 1 is 1.12 bits per heavy atom. The summed E-state index contributed by atoms with van der Waals surface area (Å²) in [5.41, 5.74) is 4.78. The number of sulfone groups is 1. The molecule has 3 aromatic heterocycles. The number of hydrogen-bond donors (Lipinski definition) is 3. The first-order valence-corrected chi connectivity index (χ1v) is 15.2. The fraction of sp³-hybridized carbons (Fsp3) is 0.300. The molecule has 0 bridgehead atoms. The van der Waals surface area contributed by atoms with Gasteiger partial charge in [0.2, 0.25) is 0 Å². The normalized spacial score (nSPS) is 12.5. The van der Waals surface area contributed by atoms with Gasteiger partial charge in [-0.3, -0.25) is 0 Å². The molecule has 2 aromatic carbocycles. The van der Waals surface area contributed by atoms with Gasteiger partial charge in [0.05, 0.1) is 37.0 Å². The largest absolute Gasteiger partial charge is 0.495 e. The average Bonchev–Trinajstić information content (AvgIpc) is 3.57. The van der Waals surface area contributed by atoms with Crippen LogP contribution in [0.3, 0.4) is 0 Å². The molecule has 0 radical (unpaired) electrons. The van der Waals surface area contributed by atoms with E-state index in [0.717, 1.165) is 17.0 Å². The van der Waals surface area contributed by atoms with Gasteiger partial charge in [0, 0.05) is 43.2 Å². The first-order chi connectivity index (χ1) is 20.2. The Labute approximate surface area is 244 Å². The van der Waals surface area contributed by atoms with E-state index in [1.165, 1.54) is 13.2 Å². The third-order valence-electron chi connectivity index (χ3n) is 7.14. The number of rotatable bonds is 11. The molecule has 5 aromatic rings. The number of aliphatic hydroxyl groups is 2. The van der Waals surface area contributed by atoms with Crippen molar-refractivity contribution in [2.24, 2.45) is 7.05 Å². The molecule has 0 aliphatic heterocycles. The monoisotopic (exact) mass is 590 g/mol. The summed E-state index contributed by atoms with van der Waals surface area (Å²) in [5.74, 6) is 1.25. The Morgan fingerprint density at radius 2 is 1.93 bits per heavy atom. The predicted octanol–water partition coefficient (Wildman–Crippen LogP) is 3.94. The predicted molar refractivity (Wildman–Crippen MR) is 160 cm³/mol. The molecule has 220 valence electrons. The molecule has 0 spiro atoms. The molecule has 0 aliphatic carbocycles. The first kappa shape index (κ1) is 29.2. The second-order valence-corrected chi connectivity index (χ2v) is 12.1. The van der Waals surface area contributed by atoms with E-state index in [1.807, 2.05) is 49.9 Å². The van der Waals surface area contributed by atoms with Gasteiger partial charge in [0.25, 0.3) is 0 Å². The van der Waals surface area contributed by atoms with Gasteiger partial charge in [-0.05, 0) is 42.7 Å². The number of hydrogen-bond acceptors (Lipinski definition) is 9. The van der Waals surface area contributed by atoms with Crippen molar-refractivity contribution < 1.29 is 23.4 Å². The van der Waals surface area contributed by atoms with Gasteiger partial charge in [-0.15, -0.1) is 0 Å². The summed E-state index contributed by atoms with van der Waals surface area (Å²) in [7, 11) is -0.458. The van der Waals surface area contributed by atoms with Crippen LogP contribution in [0, 0.1) is 6.92 Å². The van der Waals surface area contributed by atoms with Gasteiger partial charge in [-0.25, -0.2) is 18.4 Å². The molecule has 3 heterocycles. The summed E-state index contributed by atoms with van der Waals surface area (Å²) in [6.45, 7) is 3.66. The molecule has 5 rings (SSSR count). The highest BCUT2D eigenvalue weighted by Gasteiger charge is 2.24. The van der Waals surface area contributed by atoms with Crippen molar-refractivity contribution in [3.8, 4) is 28.3 Å². The van der Waals surface area contributed by atoms with Crippen molar-refractivity contribution in [3.63, 3.8) is 0 Å². The summed E-state index contributed by atoms with van der Waals surface area (Å²) in [6, 6.07) is 14.7. The van der Waals surface area contributed by atoms with E-state index in [9.17, 15) is 18.6 Å². The van der Waals surface area contributed by atoms with E-state index in [-0.39, 0.29) is 10.6 Å². The number of fused-ring (bicyclic) bond motifs is 1. The fourth-order valence-electron chi connectivity index (χ4n) is 4.95. The minimum atomic E-state index is -3.81. The molecule has 0 saturated heterocycles. The molecule has 3 N–H and O–H groups in total. The Bertz CT molecular complexity index is 1850. The van der Waals surface area contributed by atoms with Crippen LogP contribution in [0.5, 0.6) is 5.75 Å². The lowest BCUT2D eigenvalue weighted by molar-refractivity contribution is 0.169. The van der Waals surface area contributed by atoms with Crippen molar-refractivity contribution in [3.05, 3.63) is 77.9 Å². The van der Waals surface area contributed by atoms with E-state index < -0.39 is 28.3 Å². The molecule has 0 aliphatic rings. The highest BCUT2D eigenvalue weighted by Crippen LogP contribution is 2.35. The van der Waals surface area contributed by atoms with Crippen molar-refractivity contribution >= 4 is 21.3 Å².